The summed E-state index contributed by atoms with van der Waals surface area (Å²) in [5.74, 6) is 6.20. The van der Waals surface area contributed by atoms with Crippen molar-refractivity contribution in [3.8, 4) is 22.5 Å². The average molecular weight is 525 g/mol. The fourth-order valence-corrected chi connectivity index (χ4v) is 4.67. The van der Waals surface area contributed by atoms with Crippen LogP contribution in [0, 0.1) is 6.92 Å². The summed E-state index contributed by atoms with van der Waals surface area (Å²) in [5, 5.41) is 15.3. The third-order valence-corrected chi connectivity index (χ3v) is 6.99. The Bertz CT molecular complexity index is 1420. The number of aromatic nitrogens is 1. The van der Waals surface area contributed by atoms with E-state index < -0.39 is 11.4 Å². The monoisotopic (exact) mass is 524 g/mol. The van der Waals surface area contributed by atoms with Gasteiger partial charge in [-0.15, -0.1) is 0 Å². The third-order valence-electron chi connectivity index (χ3n) is 6.99. The molecule has 7 heteroatoms. The van der Waals surface area contributed by atoms with E-state index in [0.717, 1.165) is 39.1 Å². The van der Waals surface area contributed by atoms with Crippen LogP contribution in [-0.4, -0.2) is 21.2 Å². The zero-order chi connectivity index (χ0) is 28.0. The largest absolute Gasteiger partial charge is 0.481 e. The zero-order valence-electron chi connectivity index (χ0n) is 22.7. The lowest BCUT2D eigenvalue weighted by Crippen LogP contribution is -2.26. The van der Waals surface area contributed by atoms with Gasteiger partial charge in [0.25, 0.3) is 0 Å². The fourth-order valence-electron chi connectivity index (χ4n) is 4.67. The van der Waals surface area contributed by atoms with Crippen LogP contribution in [-0.2, 0) is 23.2 Å². The van der Waals surface area contributed by atoms with E-state index in [2.05, 4.69) is 5.16 Å². The summed E-state index contributed by atoms with van der Waals surface area (Å²) < 4.78 is 5.67. The SMILES string of the molecule is CC.Cc1noc(-c2ccc(-c3ccc(C4(C(=O)O)CC4)cc3)cc2)c1CN(N)/C=C(\N)Cc1ccccc1. The molecule has 0 bridgehead atoms. The smallest absolute Gasteiger partial charge is 0.314 e. The minimum Gasteiger partial charge on any atom is -0.481 e. The molecule has 202 valence electrons. The van der Waals surface area contributed by atoms with E-state index in [1.165, 1.54) is 0 Å². The fraction of sp³-hybridized carbons (Fsp3) is 0.250. The molecule has 4 aromatic rings. The van der Waals surface area contributed by atoms with Gasteiger partial charge in [-0.3, -0.25) is 4.79 Å². The Hall–Kier alpha value is -4.36. The first-order valence-electron chi connectivity index (χ1n) is 13.3. The van der Waals surface area contributed by atoms with Crippen LogP contribution in [0.1, 0.15) is 49.1 Å². The van der Waals surface area contributed by atoms with Gasteiger partial charge in [-0.25, -0.2) is 5.84 Å². The lowest BCUT2D eigenvalue weighted by Gasteiger charge is -2.15. The summed E-state index contributed by atoms with van der Waals surface area (Å²) in [4.78, 5) is 11.6. The molecule has 0 saturated heterocycles. The second-order valence-electron chi connectivity index (χ2n) is 9.66. The van der Waals surface area contributed by atoms with E-state index in [1.807, 2.05) is 99.6 Å². The molecule has 0 aliphatic heterocycles. The maximum atomic E-state index is 11.6. The van der Waals surface area contributed by atoms with Gasteiger partial charge in [0.15, 0.2) is 5.76 Å². The minimum absolute atomic E-state index is 0.398. The predicted molar refractivity (Wildman–Crippen MR) is 154 cm³/mol. The van der Waals surface area contributed by atoms with Crippen LogP contribution in [0.25, 0.3) is 22.5 Å². The van der Waals surface area contributed by atoms with Crippen molar-refractivity contribution in [2.45, 2.75) is 52.0 Å². The number of allylic oxidation sites excluding steroid dienone is 1. The van der Waals surface area contributed by atoms with Crippen molar-refractivity contribution in [2.24, 2.45) is 11.6 Å². The molecule has 7 nitrogen and oxygen atoms in total. The van der Waals surface area contributed by atoms with Gasteiger partial charge in [0.2, 0.25) is 0 Å². The highest BCUT2D eigenvalue weighted by Gasteiger charge is 2.51. The Morgan fingerprint density at radius 2 is 1.54 bits per heavy atom. The third kappa shape index (κ3) is 6.21. The molecule has 0 unspecified atom stereocenters. The van der Waals surface area contributed by atoms with Gasteiger partial charge in [0.05, 0.1) is 17.7 Å². The number of hydrogen-bond acceptors (Lipinski definition) is 6. The van der Waals surface area contributed by atoms with Crippen LogP contribution in [0.15, 0.2) is 95.3 Å². The molecule has 3 aromatic carbocycles. The van der Waals surface area contributed by atoms with Gasteiger partial charge >= 0.3 is 5.97 Å². The number of rotatable bonds is 9. The Balaban J connectivity index is 0.00000172. The van der Waals surface area contributed by atoms with E-state index in [4.69, 9.17) is 16.1 Å². The molecule has 1 aliphatic rings. The van der Waals surface area contributed by atoms with Gasteiger partial charge in [0, 0.05) is 29.4 Å². The molecule has 0 radical (unpaired) electrons. The molecular weight excluding hydrogens is 488 g/mol. The molecular formula is C32H36N4O3. The molecule has 39 heavy (non-hydrogen) atoms. The van der Waals surface area contributed by atoms with Crippen molar-refractivity contribution in [3.05, 3.63) is 113 Å². The Morgan fingerprint density at radius 1 is 0.974 bits per heavy atom. The minimum atomic E-state index is -0.742. The zero-order valence-corrected chi connectivity index (χ0v) is 22.7. The van der Waals surface area contributed by atoms with Crippen molar-refractivity contribution in [3.63, 3.8) is 0 Å². The van der Waals surface area contributed by atoms with E-state index in [0.29, 0.717) is 37.3 Å². The number of nitrogens with zero attached hydrogens (tertiary/aromatic N) is 2. The molecule has 0 atom stereocenters. The van der Waals surface area contributed by atoms with Crippen LogP contribution < -0.4 is 11.6 Å². The summed E-state index contributed by atoms with van der Waals surface area (Å²) >= 11 is 0. The van der Waals surface area contributed by atoms with E-state index in [1.54, 1.807) is 11.2 Å². The van der Waals surface area contributed by atoms with Crippen LogP contribution in [0.5, 0.6) is 0 Å². The molecule has 0 spiro atoms. The number of hydrazine groups is 1. The van der Waals surface area contributed by atoms with Crippen LogP contribution in [0.4, 0.5) is 0 Å². The molecule has 5 rings (SSSR count). The van der Waals surface area contributed by atoms with Crippen LogP contribution >= 0.6 is 0 Å². The van der Waals surface area contributed by atoms with E-state index in [-0.39, 0.29) is 0 Å². The van der Waals surface area contributed by atoms with Gasteiger partial charge in [0.1, 0.15) is 0 Å². The molecule has 1 aromatic heterocycles. The first-order valence-corrected chi connectivity index (χ1v) is 13.3. The lowest BCUT2D eigenvalue weighted by atomic mass is 9.93. The van der Waals surface area contributed by atoms with Crippen molar-refractivity contribution < 1.29 is 14.4 Å². The Kier molecular flexibility index (Phi) is 8.52. The second kappa shape index (κ2) is 12.0. The highest BCUT2D eigenvalue weighted by Crippen LogP contribution is 2.48. The Labute approximate surface area is 229 Å². The maximum absolute atomic E-state index is 11.6. The second-order valence-corrected chi connectivity index (χ2v) is 9.66. The number of aliphatic carboxylic acids is 1. The number of hydrogen-bond donors (Lipinski definition) is 3. The van der Waals surface area contributed by atoms with Gasteiger partial charge in [-0.2, -0.15) is 0 Å². The normalized spacial score (nSPS) is 13.8. The summed E-state index contributed by atoms with van der Waals surface area (Å²) in [5.41, 5.74) is 12.8. The average Bonchev–Trinajstić information content (AvgIpc) is 3.70. The molecule has 1 fully saturated rings. The highest BCUT2D eigenvalue weighted by molar-refractivity contribution is 5.85. The van der Waals surface area contributed by atoms with E-state index >= 15 is 0 Å². The van der Waals surface area contributed by atoms with Crippen molar-refractivity contribution in [1.29, 1.82) is 0 Å². The maximum Gasteiger partial charge on any atom is 0.314 e. The lowest BCUT2D eigenvalue weighted by molar-refractivity contribution is -0.140. The standard InChI is InChI=1S/C30H30N4O3.C2H6/c1-20-27(19-34(32)18-26(31)17-21-5-3-2-4-6-21)28(37-33-20)24-9-7-22(8-10-24)23-11-13-25(14-12-23)30(15-16-30)29(35)36;1-2/h2-14,18H,15-17,19,31-32H2,1H3,(H,35,36);1-2H3/b26-18-;. The Morgan fingerprint density at radius 3 is 2.10 bits per heavy atom. The predicted octanol–water partition coefficient (Wildman–Crippen LogP) is 6.18. The molecule has 0 amide bonds. The van der Waals surface area contributed by atoms with Gasteiger partial charge in [-0.05, 0) is 42.0 Å². The molecule has 1 aliphatic carbocycles. The summed E-state index contributed by atoms with van der Waals surface area (Å²) in [6.07, 6.45) is 3.76. The number of carboxylic acid groups (broad SMARTS) is 1. The van der Waals surface area contributed by atoms with Crippen LogP contribution in [0.3, 0.4) is 0 Å². The topological polar surface area (TPSA) is 119 Å². The number of carbonyl (C=O) groups is 1. The van der Waals surface area contributed by atoms with Crippen molar-refractivity contribution in [2.75, 3.05) is 0 Å². The first kappa shape index (κ1) is 27.7. The highest BCUT2D eigenvalue weighted by atomic mass is 16.5. The molecule has 1 saturated carbocycles. The van der Waals surface area contributed by atoms with E-state index in [9.17, 15) is 9.90 Å². The molecule has 5 N–H and O–H groups in total. The summed E-state index contributed by atoms with van der Waals surface area (Å²) in [7, 11) is 0. The molecule has 1 heterocycles. The number of carboxylic acids is 1. The quantitative estimate of drug-likeness (QED) is 0.177. The summed E-state index contributed by atoms with van der Waals surface area (Å²) in [6.45, 7) is 6.29. The number of nitrogens with two attached hydrogens (primary N) is 2. The first-order chi connectivity index (χ1) is 18.9. The van der Waals surface area contributed by atoms with Gasteiger partial charge in [-0.1, -0.05) is 97.9 Å². The van der Waals surface area contributed by atoms with Crippen molar-refractivity contribution >= 4 is 5.97 Å². The van der Waals surface area contributed by atoms with Crippen LogP contribution in [0.2, 0.25) is 0 Å². The number of benzene rings is 3. The number of aryl methyl sites for hydroxylation is 1. The van der Waals surface area contributed by atoms with Gasteiger partial charge < -0.3 is 20.4 Å². The summed E-state index contributed by atoms with van der Waals surface area (Å²) in [6, 6.07) is 25.8. The van der Waals surface area contributed by atoms with Crippen molar-refractivity contribution in [1.82, 2.24) is 10.2 Å².